The lowest BCUT2D eigenvalue weighted by molar-refractivity contribution is -0.148. The summed E-state index contributed by atoms with van der Waals surface area (Å²) < 4.78 is 0. The number of hydrogen-bond donors (Lipinski definition) is 2. The van der Waals surface area contributed by atoms with Crippen LogP contribution in [-0.2, 0) is 9.59 Å². The molecule has 0 aromatic heterocycles. The molecule has 24 heavy (non-hydrogen) atoms. The average Bonchev–Trinajstić information content (AvgIpc) is 2.53. The molecule has 4 nitrogen and oxygen atoms in total. The summed E-state index contributed by atoms with van der Waals surface area (Å²) in [6, 6.07) is 0. The summed E-state index contributed by atoms with van der Waals surface area (Å²) in [5.74, 6) is -2.91. The summed E-state index contributed by atoms with van der Waals surface area (Å²) in [5.41, 5.74) is 0. The minimum absolute atomic E-state index is 0.299. The first-order valence-electron chi connectivity index (χ1n) is 9.28. The Hall–Kier alpha value is -1.58. The fourth-order valence-electron chi connectivity index (χ4n) is 2.65. The number of carboxylic acid groups (broad SMARTS) is 2. The van der Waals surface area contributed by atoms with Gasteiger partial charge in [0, 0.05) is 0 Å². The van der Waals surface area contributed by atoms with E-state index < -0.39 is 17.9 Å². The highest BCUT2D eigenvalue weighted by Crippen LogP contribution is 2.13. The van der Waals surface area contributed by atoms with Crippen LogP contribution in [0.5, 0.6) is 0 Å². The summed E-state index contributed by atoms with van der Waals surface area (Å²) >= 11 is 0. The SMILES string of the molecule is C=CCCCCCCCCCCC/C=C/CC(CC(=O)O)C(=O)O. The van der Waals surface area contributed by atoms with Crippen molar-refractivity contribution < 1.29 is 19.8 Å². The second kappa shape index (κ2) is 16.3. The molecule has 0 saturated heterocycles. The first-order valence-corrected chi connectivity index (χ1v) is 9.28. The number of unbranched alkanes of at least 4 members (excludes halogenated alkanes) is 10. The number of rotatable bonds is 17. The van der Waals surface area contributed by atoms with Crippen molar-refractivity contribution in [2.75, 3.05) is 0 Å². The molecule has 0 heterocycles. The normalized spacial score (nSPS) is 12.3. The molecule has 0 fully saturated rings. The quantitative estimate of drug-likeness (QED) is 0.268. The number of allylic oxidation sites excluding steroid dienone is 3. The summed E-state index contributed by atoms with van der Waals surface area (Å²) in [6.45, 7) is 3.73. The first kappa shape index (κ1) is 22.4. The van der Waals surface area contributed by atoms with Crippen molar-refractivity contribution in [1.82, 2.24) is 0 Å². The van der Waals surface area contributed by atoms with E-state index in [9.17, 15) is 9.59 Å². The van der Waals surface area contributed by atoms with E-state index in [0.29, 0.717) is 6.42 Å². The maximum Gasteiger partial charge on any atom is 0.307 e. The fraction of sp³-hybridized carbons (Fsp3) is 0.700. The van der Waals surface area contributed by atoms with Crippen LogP contribution in [0, 0.1) is 5.92 Å². The van der Waals surface area contributed by atoms with Crippen LogP contribution in [0.1, 0.15) is 83.5 Å². The van der Waals surface area contributed by atoms with Gasteiger partial charge in [-0.05, 0) is 32.1 Å². The summed E-state index contributed by atoms with van der Waals surface area (Å²) in [7, 11) is 0. The highest BCUT2D eigenvalue weighted by atomic mass is 16.4. The molecule has 0 spiro atoms. The van der Waals surface area contributed by atoms with Gasteiger partial charge >= 0.3 is 11.9 Å². The maximum absolute atomic E-state index is 10.9. The van der Waals surface area contributed by atoms with E-state index >= 15 is 0 Å². The van der Waals surface area contributed by atoms with Gasteiger partial charge in [0.2, 0.25) is 0 Å². The predicted molar refractivity (Wildman–Crippen MR) is 98.1 cm³/mol. The third-order valence-electron chi connectivity index (χ3n) is 4.14. The monoisotopic (exact) mass is 338 g/mol. The predicted octanol–water partition coefficient (Wildman–Crippen LogP) is 5.59. The molecule has 1 atom stereocenters. The van der Waals surface area contributed by atoms with Crippen LogP contribution in [-0.4, -0.2) is 22.2 Å². The van der Waals surface area contributed by atoms with Crippen LogP contribution in [0.3, 0.4) is 0 Å². The molecule has 138 valence electrons. The molecular weight excluding hydrogens is 304 g/mol. The molecule has 0 rings (SSSR count). The van der Waals surface area contributed by atoms with Gasteiger partial charge in [0.05, 0.1) is 12.3 Å². The fourth-order valence-corrected chi connectivity index (χ4v) is 2.65. The van der Waals surface area contributed by atoms with Gasteiger partial charge in [-0.1, -0.05) is 63.2 Å². The van der Waals surface area contributed by atoms with E-state index in [1.54, 1.807) is 0 Å². The van der Waals surface area contributed by atoms with Crippen LogP contribution in [0.4, 0.5) is 0 Å². The Kier molecular flexibility index (Phi) is 15.2. The van der Waals surface area contributed by atoms with Gasteiger partial charge in [0.15, 0.2) is 0 Å². The van der Waals surface area contributed by atoms with Crippen LogP contribution in [0.15, 0.2) is 24.8 Å². The number of aliphatic carboxylic acids is 2. The lowest BCUT2D eigenvalue weighted by Crippen LogP contribution is -2.16. The van der Waals surface area contributed by atoms with E-state index in [2.05, 4.69) is 6.58 Å². The minimum atomic E-state index is -1.06. The Morgan fingerprint density at radius 2 is 1.29 bits per heavy atom. The Morgan fingerprint density at radius 3 is 1.75 bits per heavy atom. The molecule has 0 aromatic carbocycles. The largest absolute Gasteiger partial charge is 0.481 e. The van der Waals surface area contributed by atoms with E-state index in [4.69, 9.17) is 10.2 Å². The van der Waals surface area contributed by atoms with Crippen LogP contribution in [0.25, 0.3) is 0 Å². The summed E-state index contributed by atoms with van der Waals surface area (Å²) in [6.07, 6.45) is 19.3. The van der Waals surface area contributed by atoms with Gasteiger partial charge < -0.3 is 10.2 Å². The van der Waals surface area contributed by atoms with Gasteiger partial charge in [0.1, 0.15) is 0 Å². The van der Waals surface area contributed by atoms with Crippen molar-refractivity contribution in [3.05, 3.63) is 24.8 Å². The molecule has 0 aromatic rings. The molecule has 2 N–H and O–H groups in total. The topological polar surface area (TPSA) is 74.6 Å². The molecule has 0 aliphatic rings. The van der Waals surface area contributed by atoms with Crippen LogP contribution >= 0.6 is 0 Å². The minimum Gasteiger partial charge on any atom is -0.481 e. The molecule has 0 radical (unpaired) electrons. The number of carboxylic acids is 2. The molecule has 0 aliphatic carbocycles. The summed E-state index contributed by atoms with van der Waals surface area (Å²) in [5, 5.41) is 17.6. The third-order valence-corrected chi connectivity index (χ3v) is 4.14. The zero-order valence-electron chi connectivity index (χ0n) is 14.9. The zero-order valence-corrected chi connectivity index (χ0v) is 14.9. The van der Waals surface area contributed by atoms with Gasteiger partial charge in [0.25, 0.3) is 0 Å². The molecule has 0 amide bonds. The van der Waals surface area contributed by atoms with Crippen molar-refractivity contribution >= 4 is 11.9 Å². The highest BCUT2D eigenvalue weighted by Gasteiger charge is 2.19. The first-order chi connectivity index (χ1) is 11.6. The number of carbonyl (C=O) groups is 2. The van der Waals surface area contributed by atoms with E-state index in [-0.39, 0.29) is 6.42 Å². The molecular formula is C20H34O4. The second-order valence-electron chi connectivity index (χ2n) is 6.39. The second-order valence-corrected chi connectivity index (χ2v) is 6.39. The lowest BCUT2D eigenvalue weighted by atomic mass is 10.0. The van der Waals surface area contributed by atoms with Crippen molar-refractivity contribution in [2.24, 2.45) is 5.92 Å². The standard InChI is InChI=1S/C20H34O4/c1-2-3-4-5-6-7-8-9-10-11-12-13-14-15-16-18(20(23)24)17-19(21)22/h2,14-15,18H,1,3-13,16-17H2,(H,21,22)(H,23,24)/b15-14+. The Labute approximate surface area is 146 Å². The number of hydrogen-bond acceptors (Lipinski definition) is 2. The molecule has 0 saturated carbocycles. The van der Waals surface area contributed by atoms with E-state index in [1.165, 1.54) is 51.4 Å². The summed E-state index contributed by atoms with van der Waals surface area (Å²) in [4.78, 5) is 21.5. The van der Waals surface area contributed by atoms with E-state index in [1.807, 2.05) is 18.2 Å². The maximum atomic E-state index is 10.9. The van der Waals surface area contributed by atoms with Crippen molar-refractivity contribution in [1.29, 1.82) is 0 Å². The highest BCUT2D eigenvalue weighted by molar-refractivity contribution is 5.77. The molecule has 0 aliphatic heterocycles. The van der Waals surface area contributed by atoms with Gasteiger partial charge in [-0.2, -0.15) is 0 Å². The average molecular weight is 338 g/mol. The lowest BCUT2D eigenvalue weighted by Gasteiger charge is -2.05. The molecule has 1 unspecified atom stereocenters. The third kappa shape index (κ3) is 15.3. The smallest absolute Gasteiger partial charge is 0.307 e. The Balaban J connectivity index is 3.44. The van der Waals surface area contributed by atoms with Crippen LogP contribution in [0.2, 0.25) is 0 Å². The zero-order chi connectivity index (χ0) is 18.0. The molecule has 0 bridgehead atoms. The Morgan fingerprint density at radius 1 is 0.792 bits per heavy atom. The van der Waals surface area contributed by atoms with Crippen molar-refractivity contribution in [3.63, 3.8) is 0 Å². The van der Waals surface area contributed by atoms with Gasteiger partial charge in [-0.25, -0.2) is 0 Å². The van der Waals surface area contributed by atoms with Crippen LogP contribution < -0.4 is 0 Å². The van der Waals surface area contributed by atoms with Gasteiger partial charge in [-0.15, -0.1) is 6.58 Å². The Bertz CT molecular complexity index is 374. The molecule has 4 heteroatoms. The van der Waals surface area contributed by atoms with Gasteiger partial charge in [-0.3, -0.25) is 9.59 Å². The van der Waals surface area contributed by atoms with E-state index in [0.717, 1.165) is 19.3 Å². The van der Waals surface area contributed by atoms with Crippen molar-refractivity contribution in [2.45, 2.75) is 83.5 Å². The van der Waals surface area contributed by atoms with Crippen molar-refractivity contribution in [3.8, 4) is 0 Å².